The lowest BCUT2D eigenvalue weighted by Gasteiger charge is -2.19. The fourth-order valence-electron chi connectivity index (χ4n) is 2.45. The zero-order chi connectivity index (χ0) is 21.6. The minimum Gasteiger partial charge on any atom is -0.451 e. The monoisotopic (exact) mass is 400 g/mol. The Kier molecular flexibility index (Phi) is 7.09. The van der Waals surface area contributed by atoms with Gasteiger partial charge in [0.1, 0.15) is 12.4 Å². The van der Waals surface area contributed by atoms with Gasteiger partial charge >= 0.3 is 5.97 Å². The lowest BCUT2D eigenvalue weighted by atomic mass is 9.87. The van der Waals surface area contributed by atoms with E-state index in [4.69, 9.17) is 4.74 Å². The highest BCUT2D eigenvalue weighted by Gasteiger charge is 2.19. The molecule has 0 bridgehead atoms. The van der Waals surface area contributed by atoms with Gasteiger partial charge < -0.3 is 15.4 Å². The highest BCUT2D eigenvalue weighted by atomic mass is 19.1. The molecule has 154 valence electrons. The van der Waals surface area contributed by atoms with Crippen molar-refractivity contribution >= 4 is 23.5 Å². The van der Waals surface area contributed by atoms with Gasteiger partial charge in [0.15, 0.2) is 6.10 Å². The van der Waals surface area contributed by atoms with Gasteiger partial charge in [-0.1, -0.05) is 32.9 Å². The van der Waals surface area contributed by atoms with E-state index in [0.29, 0.717) is 11.3 Å². The average molecular weight is 400 g/mol. The maximum atomic E-state index is 12.9. The molecule has 29 heavy (non-hydrogen) atoms. The molecule has 0 aliphatic rings. The molecule has 0 fully saturated rings. The fraction of sp³-hybridized carbons (Fsp3) is 0.318. The Bertz CT molecular complexity index is 871. The lowest BCUT2D eigenvalue weighted by molar-refractivity contribution is -0.152. The molecule has 0 radical (unpaired) electrons. The summed E-state index contributed by atoms with van der Waals surface area (Å²) < 4.78 is 17.9. The topological polar surface area (TPSA) is 84.5 Å². The van der Waals surface area contributed by atoms with Crippen LogP contribution in [0.1, 0.15) is 43.6 Å². The van der Waals surface area contributed by atoms with E-state index in [1.54, 1.807) is 12.1 Å². The van der Waals surface area contributed by atoms with Crippen LogP contribution in [0.25, 0.3) is 0 Å². The number of carbonyl (C=O) groups excluding carboxylic acids is 3. The second kappa shape index (κ2) is 9.32. The van der Waals surface area contributed by atoms with Crippen LogP contribution in [-0.4, -0.2) is 30.4 Å². The normalized spacial score (nSPS) is 12.0. The minimum atomic E-state index is -1.07. The summed E-state index contributed by atoms with van der Waals surface area (Å²) in [6.07, 6.45) is -1.07. The summed E-state index contributed by atoms with van der Waals surface area (Å²) in [5.74, 6) is -2.14. The summed E-state index contributed by atoms with van der Waals surface area (Å²) >= 11 is 0. The van der Waals surface area contributed by atoms with Crippen LogP contribution in [0, 0.1) is 5.82 Å². The first-order chi connectivity index (χ1) is 13.6. The van der Waals surface area contributed by atoms with E-state index in [-0.39, 0.29) is 12.0 Å². The molecule has 0 heterocycles. The van der Waals surface area contributed by atoms with Crippen LogP contribution >= 0.6 is 0 Å². The number of hydrogen-bond acceptors (Lipinski definition) is 4. The molecular formula is C22H25FN2O4. The summed E-state index contributed by atoms with van der Waals surface area (Å²) in [5, 5.41) is 4.98. The van der Waals surface area contributed by atoms with Gasteiger partial charge in [0.25, 0.3) is 11.8 Å². The molecule has 6 nitrogen and oxygen atoms in total. The number of nitrogens with one attached hydrogen (secondary N) is 2. The van der Waals surface area contributed by atoms with Crippen LogP contribution in [0.15, 0.2) is 48.5 Å². The Balaban J connectivity index is 1.81. The maximum Gasteiger partial charge on any atom is 0.326 e. The van der Waals surface area contributed by atoms with Gasteiger partial charge in [-0.3, -0.25) is 14.4 Å². The summed E-state index contributed by atoms with van der Waals surface area (Å²) in [6.45, 7) is 7.26. The molecule has 0 spiro atoms. The summed E-state index contributed by atoms with van der Waals surface area (Å²) in [7, 11) is 0. The standard InChI is InChI=1S/C22H25FN2O4/c1-14(20(27)25-18-11-9-17(23)10-12-18)29-19(26)13-24-21(28)15-5-7-16(8-6-15)22(2,3)4/h5-12,14H,13H2,1-4H3,(H,24,28)(H,25,27)/t14-/m0/s1. The molecule has 0 aromatic heterocycles. The number of carbonyl (C=O) groups is 3. The summed E-state index contributed by atoms with van der Waals surface area (Å²) in [5.41, 5.74) is 1.87. The molecule has 2 aromatic carbocycles. The molecular weight excluding hydrogens is 375 g/mol. The van der Waals surface area contributed by atoms with Crippen molar-refractivity contribution in [1.82, 2.24) is 5.32 Å². The average Bonchev–Trinajstić information content (AvgIpc) is 2.67. The van der Waals surface area contributed by atoms with Crippen LogP contribution in [0.3, 0.4) is 0 Å². The largest absolute Gasteiger partial charge is 0.451 e. The van der Waals surface area contributed by atoms with Crippen molar-refractivity contribution in [3.05, 3.63) is 65.5 Å². The van der Waals surface area contributed by atoms with Crippen molar-refractivity contribution in [2.75, 3.05) is 11.9 Å². The number of amides is 2. The van der Waals surface area contributed by atoms with Crippen LogP contribution in [0.5, 0.6) is 0 Å². The van der Waals surface area contributed by atoms with Gasteiger partial charge in [-0.25, -0.2) is 4.39 Å². The Morgan fingerprint density at radius 1 is 1.00 bits per heavy atom. The Morgan fingerprint density at radius 3 is 2.14 bits per heavy atom. The molecule has 2 aromatic rings. The smallest absolute Gasteiger partial charge is 0.326 e. The zero-order valence-corrected chi connectivity index (χ0v) is 16.9. The molecule has 0 unspecified atom stereocenters. The minimum absolute atomic E-state index is 0.0244. The number of hydrogen-bond donors (Lipinski definition) is 2. The van der Waals surface area contributed by atoms with Crippen molar-refractivity contribution in [2.24, 2.45) is 0 Å². The van der Waals surface area contributed by atoms with Gasteiger partial charge in [0.05, 0.1) is 0 Å². The molecule has 7 heteroatoms. The highest BCUT2D eigenvalue weighted by Crippen LogP contribution is 2.22. The first-order valence-electron chi connectivity index (χ1n) is 9.21. The number of anilines is 1. The third kappa shape index (κ3) is 6.71. The molecule has 0 aliphatic heterocycles. The van der Waals surface area contributed by atoms with E-state index in [1.807, 2.05) is 12.1 Å². The van der Waals surface area contributed by atoms with Crippen LogP contribution in [-0.2, 0) is 19.7 Å². The van der Waals surface area contributed by atoms with E-state index in [9.17, 15) is 18.8 Å². The van der Waals surface area contributed by atoms with E-state index in [2.05, 4.69) is 31.4 Å². The molecule has 2 rings (SSSR count). The Morgan fingerprint density at radius 2 is 1.59 bits per heavy atom. The molecule has 0 aliphatic carbocycles. The molecule has 2 N–H and O–H groups in total. The second-order valence-electron chi connectivity index (χ2n) is 7.64. The van der Waals surface area contributed by atoms with E-state index < -0.39 is 29.7 Å². The third-order valence-corrected chi connectivity index (χ3v) is 4.20. The second-order valence-corrected chi connectivity index (χ2v) is 7.64. The van der Waals surface area contributed by atoms with Crippen molar-refractivity contribution in [3.63, 3.8) is 0 Å². The van der Waals surface area contributed by atoms with E-state index >= 15 is 0 Å². The first kappa shape index (κ1) is 22.1. The van der Waals surface area contributed by atoms with Gasteiger partial charge in [0.2, 0.25) is 0 Å². The zero-order valence-electron chi connectivity index (χ0n) is 16.9. The Hall–Kier alpha value is -3.22. The van der Waals surface area contributed by atoms with Crippen molar-refractivity contribution < 1.29 is 23.5 Å². The number of ether oxygens (including phenoxy) is 1. The van der Waals surface area contributed by atoms with E-state index in [1.165, 1.54) is 31.2 Å². The Labute approximate surface area is 169 Å². The highest BCUT2D eigenvalue weighted by molar-refractivity contribution is 5.97. The SMILES string of the molecule is C[C@H](OC(=O)CNC(=O)c1ccc(C(C)(C)C)cc1)C(=O)Nc1ccc(F)cc1. The number of halogens is 1. The van der Waals surface area contributed by atoms with Crippen LogP contribution in [0.2, 0.25) is 0 Å². The molecule has 0 saturated heterocycles. The van der Waals surface area contributed by atoms with Gasteiger partial charge in [-0.2, -0.15) is 0 Å². The third-order valence-electron chi connectivity index (χ3n) is 4.20. The molecule has 2 amide bonds. The summed E-state index contributed by atoms with van der Waals surface area (Å²) in [6, 6.07) is 12.3. The fourth-order valence-corrected chi connectivity index (χ4v) is 2.45. The predicted octanol–water partition coefficient (Wildman–Crippen LogP) is 3.42. The maximum absolute atomic E-state index is 12.9. The predicted molar refractivity (Wildman–Crippen MR) is 108 cm³/mol. The van der Waals surface area contributed by atoms with Crippen LogP contribution in [0.4, 0.5) is 10.1 Å². The van der Waals surface area contributed by atoms with Crippen molar-refractivity contribution in [3.8, 4) is 0 Å². The number of rotatable bonds is 6. The number of benzene rings is 2. The number of esters is 1. The summed E-state index contributed by atoms with van der Waals surface area (Å²) in [4.78, 5) is 36.1. The first-order valence-corrected chi connectivity index (χ1v) is 9.21. The van der Waals surface area contributed by atoms with Gasteiger partial charge in [-0.05, 0) is 54.3 Å². The molecule has 0 saturated carbocycles. The van der Waals surface area contributed by atoms with Gasteiger partial charge in [-0.15, -0.1) is 0 Å². The lowest BCUT2D eigenvalue weighted by Crippen LogP contribution is -2.35. The van der Waals surface area contributed by atoms with Crippen molar-refractivity contribution in [1.29, 1.82) is 0 Å². The van der Waals surface area contributed by atoms with E-state index in [0.717, 1.165) is 5.56 Å². The van der Waals surface area contributed by atoms with Crippen molar-refractivity contribution in [2.45, 2.75) is 39.2 Å². The molecule has 1 atom stereocenters. The quantitative estimate of drug-likeness (QED) is 0.728. The van der Waals surface area contributed by atoms with Gasteiger partial charge in [0, 0.05) is 11.3 Å². The van der Waals surface area contributed by atoms with Crippen LogP contribution < -0.4 is 10.6 Å².